The normalized spacial score (nSPS) is 20.0. The Labute approximate surface area is 134 Å². The smallest absolute Gasteiger partial charge is 0.399 e. The number of aromatic nitrogens is 1. The molecule has 0 radical (unpaired) electrons. The van der Waals surface area contributed by atoms with Gasteiger partial charge in [-0.3, -0.25) is 0 Å². The molecule has 1 saturated heterocycles. The van der Waals surface area contributed by atoms with Crippen LogP contribution in [0.5, 0.6) is 0 Å². The van der Waals surface area contributed by atoms with E-state index in [9.17, 15) is 0 Å². The third kappa shape index (κ3) is 2.64. The van der Waals surface area contributed by atoms with Crippen LogP contribution in [0.15, 0.2) is 30.5 Å². The summed E-state index contributed by atoms with van der Waals surface area (Å²) in [6.07, 6.45) is 1.81. The van der Waals surface area contributed by atoms with Gasteiger partial charge < -0.3 is 9.31 Å². The molecule has 1 aromatic carbocycles. The summed E-state index contributed by atoms with van der Waals surface area (Å²) in [6.45, 7) is 8.18. The van der Waals surface area contributed by atoms with Crippen molar-refractivity contribution in [3.05, 3.63) is 35.5 Å². The first-order valence-corrected chi connectivity index (χ1v) is 8.06. The van der Waals surface area contributed by atoms with Crippen molar-refractivity contribution in [2.75, 3.05) is 0 Å². The quantitative estimate of drug-likeness (QED) is 0.789. The van der Waals surface area contributed by atoms with E-state index in [0.717, 1.165) is 15.3 Å². The van der Waals surface area contributed by atoms with Gasteiger partial charge in [-0.15, -0.1) is 11.3 Å². The third-order valence-electron chi connectivity index (χ3n) is 4.11. The molecule has 0 amide bonds. The van der Waals surface area contributed by atoms with Gasteiger partial charge >= 0.3 is 7.12 Å². The summed E-state index contributed by atoms with van der Waals surface area (Å²) < 4.78 is 13.1. The van der Waals surface area contributed by atoms with Gasteiger partial charge in [0.1, 0.15) is 5.01 Å². The van der Waals surface area contributed by atoms with Crippen LogP contribution in [0.4, 0.5) is 0 Å². The Morgan fingerprint density at radius 1 is 1.10 bits per heavy atom. The molecule has 2 aromatic rings. The van der Waals surface area contributed by atoms with Crippen LogP contribution in [0.2, 0.25) is 5.02 Å². The average Bonchev–Trinajstić information content (AvgIpc) is 2.94. The first-order chi connectivity index (χ1) is 9.80. The van der Waals surface area contributed by atoms with E-state index >= 15 is 0 Å². The lowest BCUT2D eigenvalue weighted by atomic mass is 9.89. The maximum atomic E-state index is 6.22. The number of nitrogens with zero attached hydrogens (tertiary/aromatic N) is 1. The van der Waals surface area contributed by atoms with Crippen molar-refractivity contribution in [1.82, 2.24) is 4.98 Å². The molecular formula is C15H17BClNO2S. The highest BCUT2D eigenvalue weighted by molar-refractivity contribution is 7.24. The zero-order valence-electron chi connectivity index (χ0n) is 12.5. The number of rotatable bonds is 2. The Bertz CT molecular complexity index is 655. The Kier molecular flexibility index (Phi) is 3.65. The number of benzene rings is 1. The highest BCUT2D eigenvalue weighted by Crippen LogP contribution is 2.37. The SMILES string of the molecule is CC1(C)OB(c2cnc(-c3ccccc3Cl)s2)OC1(C)C. The summed E-state index contributed by atoms with van der Waals surface area (Å²) in [6, 6.07) is 7.70. The monoisotopic (exact) mass is 321 g/mol. The van der Waals surface area contributed by atoms with Crippen molar-refractivity contribution in [3.63, 3.8) is 0 Å². The number of hydrogen-bond acceptors (Lipinski definition) is 4. The zero-order chi connectivity index (χ0) is 15.3. The molecule has 0 aliphatic carbocycles. The highest BCUT2D eigenvalue weighted by atomic mass is 35.5. The molecule has 2 heterocycles. The van der Waals surface area contributed by atoms with Crippen LogP contribution < -0.4 is 4.78 Å². The first kappa shape index (κ1) is 15.0. The van der Waals surface area contributed by atoms with Gasteiger partial charge in [-0.1, -0.05) is 29.8 Å². The predicted octanol–water partition coefficient (Wildman–Crippen LogP) is 3.76. The maximum Gasteiger partial charge on any atom is 0.507 e. The minimum absolute atomic E-state index is 0.341. The second-order valence-corrected chi connectivity index (χ2v) is 7.61. The first-order valence-electron chi connectivity index (χ1n) is 6.86. The van der Waals surface area contributed by atoms with Crippen LogP contribution in [-0.2, 0) is 9.31 Å². The van der Waals surface area contributed by atoms with Crippen molar-refractivity contribution in [2.45, 2.75) is 38.9 Å². The second kappa shape index (κ2) is 5.09. The van der Waals surface area contributed by atoms with Crippen LogP contribution >= 0.6 is 22.9 Å². The van der Waals surface area contributed by atoms with Crippen molar-refractivity contribution in [3.8, 4) is 10.6 Å². The zero-order valence-corrected chi connectivity index (χ0v) is 14.1. The van der Waals surface area contributed by atoms with Gasteiger partial charge in [-0.05, 0) is 33.8 Å². The summed E-state index contributed by atoms with van der Waals surface area (Å²) in [7, 11) is -0.372. The minimum atomic E-state index is -0.372. The van der Waals surface area contributed by atoms with Gasteiger partial charge in [0.2, 0.25) is 0 Å². The molecule has 110 valence electrons. The summed E-state index contributed by atoms with van der Waals surface area (Å²) >= 11 is 7.78. The van der Waals surface area contributed by atoms with Gasteiger partial charge in [0, 0.05) is 11.8 Å². The summed E-state index contributed by atoms with van der Waals surface area (Å²) in [4.78, 5) is 4.46. The molecule has 3 rings (SSSR count). The van der Waals surface area contributed by atoms with Crippen molar-refractivity contribution in [1.29, 1.82) is 0 Å². The van der Waals surface area contributed by atoms with Gasteiger partial charge in [0.15, 0.2) is 0 Å². The highest BCUT2D eigenvalue weighted by Gasteiger charge is 2.52. The Hall–Kier alpha value is -0.875. The van der Waals surface area contributed by atoms with Gasteiger partial charge in [-0.2, -0.15) is 0 Å². The Morgan fingerprint density at radius 2 is 1.71 bits per heavy atom. The van der Waals surface area contributed by atoms with Crippen LogP contribution in [0.1, 0.15) is 27.7 Å². The molecule has 0 atom stereocenters. The summed E-state index contributed by atoms with van der Waals surface area (Å²) in [5.74, 6) is 0. The number of halogens is 1. The molecule has 0 unspecified atom stereocenters. The van der Waals surface area contributed by atoms with E-state index in [-0.39, 0.29) is 18.3 Å². The minimum Gasteiger partial charge on any atom is -0.399 e. The fourth-order valence-corrected chi connectivity index (χ4v) is 3.31. The summed E-state index contributed by atoms with van der Waals surface area (Å²) in [5, 5.41) is 1.58. The Morgan fingerprint density at radius 3 is 2.33 bits per heavy atom. The van der Waals surface area contributed by atoms with Crippen molar-refractivity contribution < 1.29 is 9.31 Å². The van der Waals surface area contributed by atoms with Crippen LogP contribution in [-0.4, -0.2) is 23.3 Å². The van der Waals surface area contributed by atoms with Gasteiger partial charge in [0.05, 0.1) is 21.0 Å². The topological polar surface area (TPSA) is 31.4 Å². The molecule has 0 saturated carbocycles. The Balaban J connectivity index is 1.89. The molecule has 6 heteroatoms. The fraction of sp³-hybridized carbons (Fsp3) is 0.400. The third-order valence-corrected chi connectivity index (χ3v) is 5.50. The molecule has 0 bridgehead atoms. The standard InChI is InChI=1S/C15H17BClNO2S/c1-14(2)15(3,4)20-16(19-14)12-9-18-13(21-12)10-7-5-6-8-11(10)17/h5-9H,1-4H3. The van der Waals surface area contributed by atoms with E-state index in [0.29, 0.717) is 5.02 Å². The fourth-order valence-electron chi connectivity index (χ4n) is 2.11. The van der Waals surface area contributed by atoms with E-state index in [1.807, 2.05) is 58.2 Å². The number of hydrogen-bond donors (Lipinski definition) is 0. The molecule has 0 N–H and O–H groups in total. The lowest BCUT2D eigenvalue weighted by molar-refractivity contribution is 0.00578. The van der Waals surface area contributed by atoms with E-state index in [1.54, 1.807) is 11.3 Å². The van der Waals surface area contributed by atoms with Crippen LogP contribution in [0.25, 0.3) is 10.6 Å². The van der Waals surface area contributed by atoms with E-state index in [4.69, 9.17) is 20.9 Å². The lowest BCUT2D eigenvalue weighted by Gasteiger charge is -2.32. The molecule has 1 aliphatic rings. The molecule has 1 aromatic heterocycles. The van der Waals surface area contributed by atoms with E-state index in [1.165, 1.54) is 0 Å². The lowest BCUT2D eigenvalue weighted by Crippen LogP contribution is -2.41. The van der Waals surface area contributed by atoms with E-state index in [2.05, 4.69) is 4.98 Å². The predicted molar refractivity (Wildman–Crippen MR) is 88.3 cm³/mol. The van der Waals surface area contributed by atoms with Crippen molar-refractivity contribution >= 4 is 34.8 Å². The number of thiazole rings is 1. The molecule has 1 aliphatic heterocycles. The van der Waals surface area contributed by atoms with E-state index < -0.39 is 0 Å². The maximum absolute atomic E-state index is 6.22. The van der Waals surface area contributed by atoms with Crippen LogP contribution in [0, 0.1) is 0 Å². The molecule has 0 spiro atoms. The van der Waals surface area contributed by atoms with Gasteiger partial charge in [-0.25, -0.2) is 4.98 Å². The van der Waals surface area contributed by atoms with Gasteiger partial charge in [0.25, 0.3) is 0 Å². The molecular weight excluding hydrogens is 305 g/mol. The summed E-state index contributed by atoms with van der Waals surface area (Å²) in [5.41, 5.74) is 0.255. The molecule has 1 fully saturated rings. The largest absolute Gasteiger partial charge is 0.507 e. The molecule has 3 nitrogen and oxygen atoms in total. The average molecular weight is 322 g/mol. The second-order valence-electron chi connectivity index (χ2n) is 6.14. The van der Waals surface area contributed by atoms with Crippen LogP contribution in [0.3, 0.4) is 0 Å². The molecule has 21 heavy (non-hydrogen) atoms. The van der Waals surface area contributed by atoms with Crippen molar-refractivity contribution in [2.24, 2.45) is 0 Å².